The molecular formula is C35H38N2O8. The number of ketones is 1. The molecule has 0 saturated heterocycles. The third-order valence-electron chi connectivity index (χ3n) is 8.81. The van der Waals surface area contributed by atoms with Crippen molar-refractivity contribution in [3.63, 3.8) is 0 Å². The van der Waals surface area contributed by atoms with Gasteiger partial charge in [-0.2, -0.15) is 0 Å². The molecule has 3 aromatic rings. The Balaban J connectivity index is 1.56. The Hall–Kier alpha value is -4.86. The Labute approximate surface area is 262 Å². The molecular weight excluding hydrogens is 576 g/mol. The molecule has 1 fully saturated rings. The summed E-state index contributed by atoms with van der Waals surface area (Å²) in [4.78, 5) is 30.5. The van der Waals surface area contributed by atoms with Gasteiger partial charge >= 0.3 is 0 Å². The van der Waals surface area contributed by atoms with Crippen LogP contribution in [-0.4, -0.2) is 54.3 Å². The average molecular weight is 615 g/mol. The second-order valence-electron chi connectivity index (χ2n) is 11.4. The van der Waals surface area contributed by atoms with Crippen LogP contribution in [-0.2, 0) is 9.59 Å². The zero-order chi connectivity index (χ0) is 31.8. The number of allylic oxidation sites excluding steroid dienone is 1. The van der Waals surface area contributed by atoms with Crippen LogP contribution in [0.3, 0.4) is 0 Å². The summed E-state index contributed by atoms with van der Waals surface area (Å²) in [5, 5.41) is 3.59. The number of nitrogens with zero attached hydrogens (tertiary/aromatic N) is 1. The number of hydrogen-bond acceptors (Lipinski definition) is 9. The Morgan fingerprint density at radius 1 is 0.733 bits per heavy atom. The number of ether oxygens (including phenoxy) is 6. The van der Waals surface area contributed by atoms with Crippen molar-refractivity contribution in [1.29, 1.82) is 0 Å². The Kier molecular flexibility index (Phi) is 8.22. The molecule has 0 spiro atoms. The fraction of sp³-hybridized carbons (Fsp3) is 0.371. The number of Topliss-reactive ketones (excluding diaryl/α,β-unsaturated/α-hetero) is 1. The number of rotatable bonds is 9. The number of para-hydroxylation sites is 2. The third kappa shape index (κ3) is 5.28. The predicted molar refractivity (Wildman–Crippen MR) is 169 cm³/mol. The number of anilines is 2. The highest BCUT2D eigenvalue weighted by molar-refractivity contribution is 6.07. The molecule has 1 amide bonds. The number of carbonyl (C=O) groups is 2. The maximum absolute atomic E-state index is 14.5. The van der Waals surface area contributed by atoms with Gasteiger partial charge in [-0.3, -0.25) is 14.5 Å². The average Bonchev–Trinajstić information content (AvgIpc) is 3.93. The topological polar surface area (TPSA) is 105 Å². The lowest BCUT2D eigenvalue weighted by molar-refractivity contribution is -0.120. The molecule has 1 saturated carbocycles. The van der Waals surface area contributed by atoms with Gasteiger partial charge in [-0.05, 0) is 72.7 Å². The second kappa shape index (κ2) is 12.3. The summed E-state index contributed by atoms with van der Waals surface area (Å²) in [6, 6.07) is 14.4. The third-order valence-corrected chi connectivity index (χ3v) is 8.81. The molecule has 2 unspecified atom stereocenters. The van der Waals surface area contributed by atoms with Gasteiger partial charge in [0.2, 0.25) is 17.4 Å². The van der Waals surface area contributed by atoms with Crippen LogP contribution in [0.15, 0.2) is 59.8 Å². The van der Waals surface area contributed by atoms with Crippen LogP contribution < -0.4 is 38.6 Å². The fourth-order valence-corrected chi connectivity index (χ4v) is 6.51. The molecule has 1 N–H and O–H groups in total. The molecule has 3 aromatic carbocycles. The molecule has 0 aromatic heterocycles. The Morgan fingerprint density at radius 2 is 1.27 bits per heavy atom. The van der Waals surface area contributed by atoms with E-state index in [1.165, 1.54) is 0 Å². The lowest BCUT2D eigenvalue weighted by Gasteiger charge is -2.35. The van der Waals surface area contributed by atoms with Crippen molar-refractivity contribution in [2.45, 2.75) is 37.6 Å². The molecule has 236 valence electrons. The van der Waals surface area contributed by atoms with Crippen LogP contribution in [0.4, 0.5) is 11.4 Å². The normalized spacial score (nSPS) is 19.1. The quantitative estimate of drug-likeness (QED) is 0.309. The second-order valence-corrected chi connectivity index (χ2v) is 11.4. The van der Waals surface area contributed by atoms with Crippen molar-refractivity contribution in [3.8, 4) is 34.5 Å². The van der Waals surface area contributed by atoms with Crippen LogP contribution in [0.1, 0.15) is 48.8 Å². The van der Waals surface area contributed by atoms with Gasteiger partial charge in [-0.15, -0.1) is 0 Å². The van der Waals surface area contributed by atoms with E-state index in [-0.39, 0.29) is 29.9 Å². The van der Waals surface area contributed by atoms with E-state index in [4.69, 9.17) is 28.4 Å². The summed E-state index contributed by atoms with van der Waals surface area (Å²) in [5.74, 6) is 2.48. The van der Waals surface area contributed by atoms with Gasteiger partial charge in [0.05, 0.1) is 60.1 Å². The Bertz CT molecular complexity index is 1630. The number of methoxy groups -OCH3 is 6. The summed E-state index contributed by atoms with van der Waals surface area (Å²) < 4.78 is 33.8. The number of nitrogens with one attached hydrogen (secondary N) is 1. The number of hydrogen-bond donors (Lipinski definition) is 1. The molecule has 0 radical (unpaired) electrons. The molecule has 10 nitrogen and oxygen atoms in total. The summed E-state index contributed by atoms with van der Waals surface area (Å²) in [6.07, 6.45) is 2.37. The lowest BCUT2D eigenvalue weighted by Crippen LogP contribution is -2.39. The van der Waals surface area contributed by atoms with Crippen LogP contribution >= 0.6 is 0 Å². The highest BCUT2D eigenvalue weighted by Crippen LogP contribution is 2.52. The molecule has 45 heavy (non-hydrogen) atoms. The zero-order valence-electron chi connectivity index (χ0n) is 26.4. The summed E-state index contributed by atoms with van der Waals surface area (Å²) in [7, 11) is 9.36. The maximum Gasteiger partial charge on any atom is 0.231 e. The van der Waals surface area contributed by atoms with Gasteiger partial charge in [-0.25, -0.2) is 0 Å². The first-order chi connectivity index (χ1) is 21.9. The maximum atomic E-state index is 14.5. The van der Waals surface area contributed by atoms with E-state index >= 15 is 0 Å². The fourth-order valence-electron chi connectivity index (χ4n) is 6.51. The van der Waals surface area contributed by atoms with E-state index in [1.807, 2.05) is 48.5 Å². The minimum atomic E-state index is -0.730. The van der Waals surface area contributed by atoms with Crippen LogP contribution in [0.5, 0.6) is 34.5 Å². The van der Waals surface area contributed by atoms with Crippen LogP contribution in [0.25, 0.3) is 0 Å². The van der Waals surface area contributed by atoms with Gasteiger partial charge in [0, 0.05) is 23.6 Å². The first-order valence-electron chi connectivity index (χ1n) is 14.9. The lowest BCUT2D eigenvalue weighted by atomic mass is 9.78. The summed E-state index contributed by atoms with van der Waals surface area (Å²) in [6.45, 7) is 0. The van der Waals surface area contributed by atoms with E-state index in [2.05, 4.69) is 5.32 Å². The van der Waals surface area contributed by atoms with E-state index in [9.17, 15) is 9.59 Å². The van der Waals surface area contributed by atoms with Crippen LogP contribution in [0.2, 0.25) is 0 Å². The summed E-state index contributed by atoms with van der Waals surface area (Å²) in [5.41, 5.74) is 4.33. The van der Waals surface area contributed by atoms with Crippen molar-refractivity contribution >= 4 is 23.1 Å². The highest BCUT2D eigenvalue weighted by atomic mass is 16.5. The van der Waals surface area contributed by atoms with Crippen molar-refractivity contribution < 1.29 is 38.0 Å². The van der Waals surface area contributed by atoms with Crippen molar-refractivity contribution in [2.75, 3.05) is 52.9 Å². The van der Waals surface area contributed by atoms with Crippen molar-refractivity contribution in [1.82, 2.24) is 0 Å². The van der Waals surface area contributed by atoms with Gasteiger partial charge in [0.25, 0.3) is 0 Å². The molecule has 1 aliphatic heterocycles. The monoisotopic (exact) mass is 614 g/mol. The van der Waals surface area contributed by atoms with Gasteiger partial charge < -0.3 is 33.7 Å². The zero-order valence-corrected chi connectivity index (χ0v) is 26.4. The van der Waals surface area contributed by atoms with Crippen LogP contribution in [0, 0.1) is 5.92 Å². The van der Waals surface area contributed by atoms with E-state index in [1.54, 1.807) is 47.6 Å². The molecule has 6 rings (SSSR count). The Morgan fingerprint density at radius 3 is 1.78 bits per heavy atom. The standard InChI is InChI=1S/C35H38N2O8/c1-40-27-15-21(16-28(41-2)33(27)44-5)20-13-24-31(26(38)14-20)32(22-17-29(42-3)34(45-6)30(18-22)43-4)37(35(39)19-11-12-19)25-10-8-7-9-23(25)36-24/h7-10,15-20,32,36H,11-14H2,1-6H3. The van der Waals surface area contributed by atoms with E-state index in [0.717, 1.165) is 29.8 Å². The van der Waals surface area contributed by atoms with Gasteiger partial charge in [-0.1, -0.05) is 12.1 Å². The molecule has 1 heterocycles. The van der Waals surface area contributed by atoms with E-state index < -0.39 is 6.04 Å². The molecule has 2 atom stereocenters. The number of amides is 1. The first-order valence-corrected chi connectivity index (χ1v) is 14.9. The summed E-state index contributed by atoms with van der Waals surface area (Å²) >= 11 is 0. The van der Waals surface area contributed by atoms with Gasteiger partial charge in [0.1, 0.15) is 0 Å². The molecule has 2 aliphatic carbocycles. The number of benzene rings is 3. The first kappa shape index (κ1) is 30.2. The number of fused-ring (bicyclic) bond motifs is 1. The van der Waals surface area contributed by atoms with Crippen molar-refractivity contribution in [2.24, 2.45) is 5.92 Å². The van der Waals surface area contributed by atoms with Gasteiger partial charge in [0.15, 0.2) is 28.8 Å². The minimum Gasteiger partial charge on any atom is -0.493 e. The SMILES string of the molecule is COc1cc(C2CC(=O)C3=C(C2)Nc2ccccc2N(C(=O)C2CC2)C3c2cc(OC)c(OC)c(OC)c2)cc(OC)c1OC. The minimum absolute atomic E-state index is 0.0173. The molecule has 10 heteroatoms. The number of carbonyl (C=O) groups excluding carboxylic acids is 2. The molecule has 3 aliphatic rings. The predicted octanol–water partition coefficient (Wildman–Crippen LogP) is 6.05. The van der Waals surface area contributed by atoms with E-state index in [0.29, 0.717) is 57.7 Å². The highest BCUT2D eigenvalue weighted by Gasteiger charge is 2.45. The largest absolute Gasteiger partial charge is 0.493 e. The smallest absolute Gasteiger partial charge is 0.231 e. The van der Waals surface area contributed by atoms with Crippen molar-refractivity contribution in [3.05, 3.63) is 70.9 Å². The molecule has 0 bridgehead atoms.